The van der Waals surface area contributed by atoms with Crippen LogP contribution in [-0.2, 0) is 4.79 Å². The smallest absolute Gasteiger partial charge is 0.256 e. The van der Waals surface area contributed by atoms with Gasteiger partial charge in [-0.25, -0.2) is 4.39 Å². The number of piperidine rings is 1. The lowest BCUT2D eigenvalue weighted by atomic mass is 10.0. The first-order chi connectivity index (χ1) is 9.47. The first kappa shape index (κ1) is 14.5. The molecule has 1 N–H and O–H groups in total. The predicted molar refractivity (Wildman–Crippen MR) is 73.9 cm³/mol. The van der Waals surface area contributed by atoms with Gasteiger partial charge in [0, 0.05) is 26.1 Å². The number of hydrogen-bond acceptors (Lipinski definition) is 2. The van der Waals surface area contributed by atoms with Crippen molar-refractivity contribution in [1.82, 2.24) is 10.2 Å². The Morgan fingerprint density at radius 1 is 1.30 bits per heavy atom. The predicted octanol–water partition coefficient (Wildman–Crippen LogP) is 1.87. The van der Waals surface area contributed by atoms with Gasteiger partial charge in [-0.3, -0.25) is 9.59 Å². The van der Waals surface area contributed by atoms with Gasteiger partial charge in [0.2, 0.25) is 5.91 Å². The van der Waals surface area contributed by atoms with E-state index in [1.165, 1.54) is 19.1 Å². The van der Waals surface area contributed by atoms with E-state index >= 15 is 0 Å². The fourth-order valence-electron chi connectivity index (χ4n) is 2.48. The van der Waals surface area contributed by atoms with Gasteiger partial charge in [-0.2, -0.15) is 0 Å². The highest BCUT2D eigenvalue weighted by Gasteiger charge is 2.25. The van der Waals surface area contributed by atoms with Crippen molar-refractivity contribution in [3.8, 4) is 0 Å². The zero-order valence-electron chi connectivity index (χ0n) is 11.8. The molecule has 20 heavy (non-hydrogen) atoms. The Morgan fingerprint density at radius 2 is 1.95 bits per heavy atom. The van der Waals surface area contributed by atoms with Crippen molar-refractivity contribution in [1.29, 1.82) is 0 Å². The number of nitrogens with zero attached hydrogens (tertiary/aromatic N) is 1. The van der Waals surface area contributed by atoms with E-state index in [4.69, 9.17) is 0 Å². The third-order valence-corrected chi connectivity index (χ3v) is 3.54. The lowest BCUT2D eigenvalue weighted by molar-refractivity contribution is -0.119. The lowest BCUT2D eigenvalue weighted by Crippen LogP contribution is -2.46. The quantitative estimate of drug-likeness (QED) is 0.898. The summed E-state index contributed by atoms with van der Waals surface area (Å²) >= 11 is 0. The fraction of sp³-hybridized carbons (Fsp3) is 0.467. The van der Waals surface area contributed by atoms with Crippen LogP contribution in [0.25, 0.3) is 0 Å². The maximum absolute atomic E-state index is 13.8. The molecule has 1 saturated heterocycles. The third kappa shape index (κ3) is 3.35. The first-order valence-corrected chi connectivity index (χ1v) is 6.80. The number of aryl methyl sites for hydroxylation is 1. The minimum absolute atomic E-state index is 0.0562. The van der Waals surface area contributed by atoms with Gasteiger partial charge in [0.25, 0.3) is 5.91 Å². The summed E-state index contributed by atoms with van der Waals surface area (Å²) in [5.41, 5.74) is 0.914. The van der Waals surface area contributed by atoms with Gasteiger partial charge in [0.1, 0.15) is 5.82 Å². The van der Waals surface area contributed by atoms with E-state index in [2.05, 4.69) is 5.32 Å². The van der Waals surface area contributed by atoms with Crippen molar-refractivity contribution in [3.05, 3.63) is 35.1 Å². The van der Waals surface area contributed by atoms with Crippen LogP contribution in [-0.4, -0.2) is 35.8 Å². The topological polar surface area (TPSA) is 49.4 Å². The molecule has 2 amide bonds. The molecule has 2 rings (SSSR count). The molecule has 1 fully saturated rings. The molecule has 1 aromatic rings. The van der Waals surface area contributed by atoms with E-state index in [0.717, 1.165) is 5.56 Å². The second kappa shape index (κ2) is 6.03. The summed E-state index contributed by atoms with van der Waals surface area (Å²) < 4.78 is 13.8. The van der Waals surface area contributed by atoms with Gasteiger partial charge >= 0.3 is 0 Å². The van der Waals surface area contributed by atoms with E-state index in [1.54, 1.807) is 17.9 Å². The van der Waals surface area contributed by atoms with Gasteiger partial charge in [-0.1, -0.05) is 6.07 Å². The second-order valence-electron chi connectivity index (χ2n) is 5.25. The number of benzene rings is 1. The highest BCUT2D eigenvalue weighted by Crippen LogP contribution is 2.17. The second-order valence-corrected chi connectivity index (χ2v) is 5.25. The average molecular weight is 278 g/mol. The third-order valence-electron chi connectivity index (χ3n) is 3.54. The van der Waals surface area contributed by atoms with Crippen LogP contribution in [0, 0.1) is 12.7 Å². The summed E-state index contributed by atoms with van der Waals surface area (Å²) in [4.78, 5) is 24.9. The molecule has 0 radical (unpaired) electrons. The van der Waals surface area contributed by atoms with Crippen molar-refractivity contribution in [3.63, 3.8) is 0 Å². The van der Waals surface area contributed by atoms with Gasteiger partial charge in [-0.15, -0.1) is 0 Å². The Hall–Kier alpha value is -1.91. The van der Waals surface area contributed by atoms with Crippen molar-refractivity contribution in [2.75, 3.05) is 13.1 Å². The summed E-state index contributed by atoms with van der Waals surface area (Å²) in [5, 5.41) is 2.85. The number of hydrogen-bond donors (Lipinski definition) is 1. The molecule has 1 heterocycles. The maximum atomic E-state index is 13.8. The molecular weight excluding hydrogens is 259 g/mol. The number of nitrogens with one attached hydrogen (secondary N) is 1. The van der Waals surface area contributed by atoms with Crippen LogP contribution in [0.4, 0.5) is 4.39 Å². The highest BCUT2D eigenvalue weighted by atomic mass is 19.1. The Balaban J connectivity index is 1.99. The molecule has 0 unspecified atom stereocenters. The largest absolute Gasteiger partial charge is 0.353 e. The average Bonchev–Trinajstić information content (AvgIpc) is 2.38. The summed E-state index contributed by atoms with van der Waals surface area (Å²) in [6.45, 7) is 4.35. The molecule has 0 aliphatic carbocycles. The van der Waals surface area contributed by atoms with Crippen LogP contribution in [0.15, 0.2) is 18.2 Å². The molecule has 0 saturated carbocycles. The van der Waals surface area contributed by atoms with Gasteiger partial charge < -0.3 is 10.2 Å². The zero-order chi connectivity index (χ0) is 14.7. The van der Waals surface area contributed by atoms with Gasteiger partial charge in [0.05, 0.1) is 5.56 Å². The summed E-state index contributed by atoms with van der Waals surface area (Å²) in [5.74, 6) is -0.804. The Kier molecular flexibility index (Phi) is 4.37. The summed E-state index contributed by atoms with van der Waals surface area (Å²) in [7, 11) is 0. The molecule has 1 aliphatic rings. The van der Waals surface area contributed by atoms with Crippen LogP contribution in [0.2, 0.25) is 0 Å². The molecule has 108 valence electrons. The van der Waals surface area contributed by atoms with Crippen LogP contribution < -0.4 is 5.32 Å². The Bertz CT molecular complexity index is 523. The van der Waals surface area contributed by atoms with E-state index < -0.39 is 5.82 Å². The Morgan fingerprint density at radius 3 is 2.50 bits per heavy atom. The van der Waals surface area contributed by atoms with Crippen molar-refractivity contribution in [2.24, 2.45) is 0 Å². The highest BCUT2D eigenvalue weighted by molar-refractivity contribution is 5.94. The number of halogens is 1. The van der Waals surface area contributed by atoms with Crippen molar-refractivity contribution < 1.29 is 14.0 Å². The van der Waals surface area contributed by atoms with E-state index in [-0.39, 0.29) is 23.4 Å². The number of carbonyl (C=O) groups excluding carboxylic acids is 2. The number of amides is 2. The van der Waals surface area contributed by atoms with Crippen LogP contribution in [0.5, 0.6) is 0 Å². The van der Waals surface area contributed by atoms with E-state index in [9.17, 15) is 14.0 Å². The van der Waals surface area contributed by atoms with Gasteiger partial charge in [-0.05, 0) is 37.5 Å². The van der Waals surface area contributed by atoms with Crippen molar-refractivity contribution >= 4 is 11.8 Å². The van der Waals surface area contributed by atoms with Crippen LogP contribution in [0.3, 0.4) is 0 Å². The fourth-order valence-corrected chi connectivity index (χ4v) is 2.48. The first-order valence-electron chi connectivity index (χ1n) is 6.80. The lowest BCUT2D eigenvalue weighted by Gasteiger charge is -2.32. The maximum Gasteiger partial charge on any atom is 0.256 e. The van der Waals surface area contributed by atoms with Gasteiger partial charge in [0.15, 0.2) is 0 Å². The normalized spacial score (nSPS) is 16.1. The molecule has 0 atom stereocenters. The van der Waals surface area contributed by atoms with Crippen LogP contribution >= 0.6 is 0 Å². The molecule has 4 nitrogen and oxygen atoms in total. The standard InChI is InChI=1S/C15H19FN2O2/c1-10-3-4-13(14(16)9-10)15(20)18-7-5-12(6-8-18)17-11(2)19/h3-4,9,12H,5-8H2,1-2H3,(H,17,19). The molecule has 1 aliphatic heterocycles. The molecule has 5 heteroatoms. The van der Waals surface area contributed by atoms with Crippen molar-refractivity contribution in [2.45, 2.75) is 32.7 Å². The van der Waals surface area contributed by atoms with Crippen LogP contribution in [0.1, 0.15) is 35.7 Å². The SMILES string of the molecule is CC(=O)NC1CCN(C(=O)c2ccc(C)cc2F)CC1. The number of likely N-dealkylation sites (tertiary alicyclic amines) is 1. The molecule has 0 spiro atoms. The monoisotopic (exact) mass is 278 g/mol. The minimum Gasteiger partial charge on any atom is -0.353 e. The van der Waals surface area contributed by atoms with E-state index in [0.29, 0.717) is 25.9 Å². The molecule has 0 bridgehead atoms. The summed E-state index contributed by atoms with van der Waals surface area (Å²) in [6, 6.07) is 4.75. The van der Waals surface area contributed by atoms with E-state index in [1.807, 2.05) is 0 Å². The minimum atomic E-state index is -0.473. The summed E-state index contributed by atoms with van der Waals surface area (Å²) in [6.07, 6.45) is 1.41. The zero-order valence-corrected chi connectivity index (χ0v) is 11.8. The number of rotatable bonds is 2. The molecule has 0 aromatic heterocycles. The Labute approximate surface area is 118 Å². The number of carbonyl (C=O) groups is 2. The molecule has 1 aromatic carbocycles. The molecular formula is C15H19FN2O2.